The Morgan fingerprint density at radius 3 is 1.98 bits per heavy atom. The highest BCUT2D eigenvalue weighted by molar-refractivity contribution is 6.22. The standard InChI is InChI=1S/C52H36N2/c1-52(38-22-9-4-10-23-38)45-30-31-47-49(50(45)53-51(52)35-18-7-3-8-19-35)43-26-13-14-27-46(43)54(47)39-28-29-42-44(33-39)40-24-11-12-25-41(40)48(42)37-21-15-20-36(32-37)34-16-5-2-6-17-34/h2-33,48H,1H3. The van der Waals surface area contributed by atoms with Crippen LogP contribution in [0.15, 0.2) is 199 Å². The quantitative estimate of drug-likeness (QED) is 0.171. The molecular formula is C52H36N2. The maximum atomic E-state index is 5.60. The largest absolute Gasteiger partial charge is 0.309 e. The molecule has 0 fully saturated rings. The van der Waals surface area contributed by atoms with Crippen LogP contribution in [-0.2, 0) is 5.41 Å². The molecule has 0 saturated heterocycles. The summed E-state index contributed by atoms with van der Waals surface area (Å²) in [7, 11) is 0. The molecule has 0 spiro atoms. The first-order valence-electron chi connectivity index (χ1n) is 18.8. The van der Waals surface area contributed by atoms with Crippen molar-refractivity contribution >= 4 is 33.2 Å². The van der Waals surface area contributed by atoms with Crippen molar-refractivity contribution in [3.05, 3.63) is 228 Å². The molecule has 2 heterocycles. The highest BCUT2D eigenvalue weighted by Crippen LogP contribution is 2.53. The monoisotopic (exact) mass is 688 g/mol. The van der Waals surface area contributed by atoms with Gasteiger partial charge in [0.25, 0.3) is 0 Å². The Labute approximate surface area is 315 Å². The van der Waals surface area contributed by atoms with Crippen molar-refractivity contribution in [2.24, 2.45) is 4.99 Å². The van der Waals surface area contributed by atoms with Gasteiger partial charge in [0.2, 0.25) is 0 Å². The maximum Gasteiger partial charge on any atom is 0.0779 e. The highest BCUT2D eigenvalue weighted by atomic mass is 15.0. The molecule has 254 valence electrons. The molecule has 1 aromatic heterocycles. The third kappa shape index (κ3) is 4.44. The number of benzene rings is 8. The summed E-state index contributed by atoms with van der Waals surface area (Å²) in [5.74, 6) is 0.164. The second-order valence-corrected chi connectivity index (χ2v) is 14.8. The van der Waals surface area contributed by atoms with Crippen LogP contribution in [-0.4, -0.2) is 10.3 Å². The number of para-hydroxylation sites is 1. The fraction of sp³-hybridized carbons (Fsp3) is 0.0577. The SMILES string of the molecule is CC1(c2ccccc2)C(c2ccccc2)=Nc2c1ccc1c2c2ccccc2n1-c1ccc2c(c1)-c1ccccc1C2c1cccc(-c2ccccc2)c1. The molecule has 0 N–H and O–H groups in total. The molecule has 9 aromatic rings. The minimum atomic E-state index is -0.403. The number of fused-ring (bicyclic) bond motifs is 8. The molecule has 1 aliphatic heterocycles. The van der Waals surface area contributed by atoms with Crippen LogP contribution in [0.25, 0.3) is 49.7 Å². The van der Waals surface area contributed by atoms with Gasteiger partial charge < -0.3 is 4.57 Å². The summed E-state index contributed by atoms with van der Waals surface area (Å²) in [6.45, 7) is 2.34. The van der Waals surface area contributed by atoms with Crippen molar-refractivity contribution in [3.63, 3.8) is 0 Å². The van der Waals surface area contributed by atoms with Gasteiger partial charge in [-0.2, -0.15) is 0 Å². The third-order valence-electron chi connectivity index (χ3n) is 11.9. The van der Waals surface area contributed by atoms with Gasteiger partial charge in [-0.25, -0.2) is 0 Å². The van der Waals surface area contributed by atoms with Crippen LogP contribution < -0.4 is 0 Å². The lowest BCUT2D eigenvalue weighted by molar-refractivity contribution is 0.794. The average molecular weight is 689 g/mol. The number of rotatable bonds is 5. The van der Waals surface area contributed by atoms with E-state index in [0.717, 1.165) is 22.6 Å². The molecule has 2 atom stereocenters. The Morgan fingerprint density at radius 2 is 1.17 bits per heavy atom. The summed E-state index contributed by atoms with van der Waals surface area (Å²) >= 11 is 0. The predicted octanol–water partition coefficient (Wildman–Crippen LogP) is 13.1. The normalized spacial score (nSPS) is 17.0. The van der Waals surface area contributed by atoms with Gasteiger partial charge in [-0.15, -0.1) is 0 Å². The molecule has 2 aliphatic rings. The summed E-state index contributed by atoms with van der Waals surface area (Å²) < 4.78 is 2.45. The molecular weight excluding hydrogens is 653 g/mol. The zero-order chi connectivity index (χ0) is 35.8. The molecule has 8 aromatic carbocycles. The van der Waals surface area contributed by atoms with E-state index in [9.17, 15) is 0 Å². The number of nitrogens with zero attached hydrogens (tertiary/aromatic N) is 2. The summed E-state index contributed by atoms with van der Waals surface area (Å²) in [4.78, 5) is 5.60. The minimum absolute atomic E-state index is 0.164. The van der Waals surface area contributed by atoms with Gasteiger partial charge in [-0.3, -0.25) is 4.99 Å². The Hall–Kier alpha value is -6.77. The Balaban J connectivity index is 1.12. The smallest absolute Gasteiger partial charge is 0.0779 e. The van der Waals surface area contributed by atoms with E-state index in [1.807, 2.05) is 0 Å². The van der Waals surface area contributed by atoms with Crippen molar-refractivity contribution in [1.29, 1.82) is 0 Å². The van der Waals surface area contributed by atoms with Gasteiger partial charge in [0.15, 0.2) is 0 Å². The van der Waals surface area contributed by atoms with E-state index in [1.165, 1.54) is 71.9 Å². The lowest BCUT2D eigenvalue weighted by Gasteiger charge is -2.29. The van der Waals surface area contributed by atoms with E-state index >= 15 is 0 Å². The third-order valence-corrected chi connectivity index (χ3v) is 11.9. The fourth-order valence-corrected chi connectivity index (χ4v) is 9.42. The molecule has 2 heteroatoms. The number of hydrogen-bond acceptors (Lipinski definition) is 1. The molecule has 0 radical (unpaired) electrons. The Kier molecular flexibility index (Phi) is 6.78. The van der Waals surface area contributed by atoms with Crippen molar-refractivity contribution in [1.82, 2.24) is 4.57 Å². The second kappa shape index (κ2) is 11.9. The minimum Gasteiger partial charge on any atom is -0.309 e. The highest BCUT2D eigenvalue weighted by Gasteiger charge is 2.43. The lowest BCUT2D eigenvalue weighted by atomic mass is 9.71. The van der Waals surface area contributed by atoms with E-state index in [-0.39, 0.29) is 5.92 Å². The lowest BCUT2D eigenvalue weighted by Crippen LogP contribution is -2.31. The Bertz CT molecular complexity index is 2940. The maximum absolute atomic E-state index is 5.60. The summed E-state index contributed by atoms with van der Waals surface area (Å²) in [6.07, 6.45) is 0. The van der Waals surface area contributed by atoms with E-state index in [1.54, 1.807) is 0 Å². The van der Waals surface area contributed by atoms with Gasteiger partial charge in [-0.1, -0.05) is 170 Å². The van der Waals surface area contributed by atoms with Gasteiger partial charge in [0.05, 0.1) is 27.8 Å². The zero-order valence-corrected chi connectivity index (χ0v) is 29.9. The summed E-state index contributed by atoms with van der Waals surface area (Å²) in [5, 5.41) is 2.42. The van der Waals surface area contributed by atoms with Crippen LogP contribution in [0.3, 0.4) is 0 Å². The van der Waals surface area contributed by atoms with Crippen LogP contribution in [0.2, 0.25) is 0 Å². The van der Waals surface area contributed by atoms with Crippen molar-refractivity contribution < 1.29 is 0 Å². The predicted molar refractivity (Wildman–Crippen MR) is 225 cm³/mol. The summed E-state index contributed by atoms with van der Waals surface area (Å²) in [5.41, 5.74) is 18.0. The number of hydrogen-bond donors (Lipinski definition) is 0. The van der Waals surface area contributed by atoms with Gasteiger partial charge in [-0.05, 0) is 86.8 Å². The zero-order valence-electron chi connectivity index (χ0n) is 29.9. The Morgan fingerprint density at radius 1 is 0.500 bits per heavy atom. The van der Waals surface area contributed by atoms with Crippen LogP contribution in [0.5, 0.6) is 0 Å². The van der Waals surface area contributed by atoms with Crippen molar-refractivity contribution in [2.75, 3.05) is 0 Å². The van der Waals surface area contributed by atoms with Gasteiger partial charge in [0, 0.05) is 22.4 Å². The van der Waals surface area contributed by atoms with Crippen LogP contribution in [0.1, 0.15) is 46.2 Å². The van der Waals surface area contributed by atoms with E-state index in [0.29, 0.717) is 0 Å². The topological polar surface area (TPSA) is 17.3 Å². The molecule has 11 rings (SSSR count). The van der Waals surface area contributed by atoms with Crippen molar-refractivity contribution in [2.45, 2.75) is 18.3 Å². The fourth-order valence-electron chi connectivity index (χ4n) is 9.42. The molecule has 1 aliphatic carbocycles. The van der Waals surface area contributed by atoms with Gasteiger partial charge in [0.1, 0.15) is 0 Å². The second-order valence-electron chi connectivity index (χ2n) is 14.8. The molecule has 54 heavy (non-hydrogen) atoms. The molecule has 2 unspecified atom stereocenters. The van der Waals surface area contributed by atoms with E-state index in [4.69, 9.17) is 4.99 Å². The van der Waals surface area contributed by atoms with Crippen LogP contribution in [0, 0.1) is 0 Å². The van der Waals surface area contributed by atoms with Gasteiger partial charge >= 0.3 is 0 Å². The average Bonchev–Trinajstić information content (AvgIpc) is 3.87. The van der Waals surface area contributed by atoms with Crippen molar-refractivity contribution in [3.8, 4) is 27.9 Å². The first kappa shape index (κ1) is 30.8. The summed E-state index contributed by atoms with van der Waals surface area (Å²) in [6, 6.07) is 70.9. The number of aliphatic imine (C=N–C) groups is 1. The van der Waals surface area contributed by atoms with Crippen LogP contribution in [0.4, 0.5) is 5.69 Å². The number of aromatic nitrogens is 1. The first-order chi connectivity index (χ1) is 26.7. The first-order valence-corrected chi connectivity index (χ1v) is 18.8. The molecule has 2 nitrogen and oxygen atoms in total. The van der Waals surface area contributed by atoms with E-state index in [2.05, 4.69) is 206 Å². The van der Waals surface area contributed by atoms with E-state index < -0.39 is 5.41 Å². The van der Waals surface area contributed by atoms with Crippen LogP contribution >= 0.6 is 0 Å². The molecule has 0 saturated carbocycles. The molecule has 0 amide bonds. The molecule has 0 bridgehead atoms.